The average molecular weight is 443 g/mol. The molecule has 0 radical (unpaired) electrons. The van der Waals surface area contributed by atoms with Crippen molar-refractivity contribution in [3.8, 4) is 5.75 Å². The lowest BCUT2D eigenvalue weighted by atomic mass is 10.2. The van der Waals surface area contributed by atoms with Crippen molar-refractivity contribution in [2.24, 2.45) is 0 Å². The van der Waals surface area contributed by atoms with Crippen LogP contribution >= 0.6 is 22.9 Å². The number of nitrogens with one attached hydrogen (secondary N) is 2. The van der Waals surface area contributed by atoms with E-state index in [1.807, 2.05) is 18.2 Å². The molecule has 2 N–H and O–H groups in total. The van der Waals surface area contributed by atoms with E-state index < -0.39 is 0 Å². The van der Waals surface area contributed by atoms with Crippen molar-refractivity contribution in [2.75, 3.05) is 19.0 Å². The number of rotatable bonds is 8. The summed E-state index contributed by atoms with van der Waals surface area (Å²) >= 11 is 7.31. The molecule has 0 unspecified atom stereocenters. The lowest BCUT2D eigenvalue weighted by Crippen LogP contribution is -2.25. The number of nitrogens with zero attached hydrogens (tertiary/aromatic N) is 2. The maximum atomic E-state index is 12.2. The number of aromatic nitrogens is 2. The number of benzene rings is 2. The fraction of sp³-hybridized carbons (Fsp3) is 0.143. The number of carbonyl (C=O) groups is 2. The molecule has 0 saturated heterocycles. The zero-order valence-electron chi connectivity index (χ0n) is 16.1. The summed E-state index contributed by atoms with van der Waals surface area (Å²) < 4.78 is 5.12. The number of methoxy groups -OCH3 is 1. The Balaban J connectivity index is 1.47. The maximum Gasteiger partial charge on any atom is 0.251 e. The van der Waals surface area contributed by atoms with E-state index in [1.165, 1.54) is 17.4 Å². The molecule has 0 aliphatic heterocycles. The van der Waals surface area contributed by atoms with E-state index in [0.717, 1.165) is 5.56 Å². The normalized spacial score (nSPS) is 10.7. The molecular formula is C21H19ClN4O3S. The van der Waals surface area contributed by atoms with Crippen LogP contribution in [0.1, 0.15) is 20.9 Å². The minimum absolute atomic E-state index is 0.198. The summed E-state index contributed by atoms with van der Waals surface area (Å²) in [7, 11) is 1.55. The zero-order chi connectivity index (χ0) is 21.3. The van der Waals surface area contributed by atoms with E-state index in [4.69, 9.17) is 16.3 Å². The van der Waals surface area contributed by atoms with Gasteiger partial charge in [0.05, 0.1) is 7.11 Å². The minimum Gasteiger partial charge on any atom is -0.497 e. The number of hydrogen-bond acceptors (Lipinski definition) is 6. The minimum atomic E-state index is -0.330. The lowest BCUT2D eigenvalue weighted by Gasteiger charge is -2.05. The molecule has 0 aliphatic carbocycles. The van der Waals surface area contributed by atoms with Gasteiger partial charge in [0.1, 0.15) is 10.8 Å². The second-order valence-corrected chi connectivity index (χ2v) is 7.55. The Kier molecular flexibility index (Phi) is 7.53. The van der Waals surface area contributed by atoms with Crippen molar-refractivity contribution in [3.63, 3.8) is 0 Å². The number of carbonyl (C=O) groups excluding carboxylic acids is 2. The summed E-state index contributed by atoms with van der Waals surface area (Å²) in [5, 5.41) is 15.1. The molecular weight excluding hydrogens is 424 g/mol. The van der Waals surface area contributed by atoms with Crippen molar-refractivity contribution in [2.45, 2.75) is 6.42 Å². The third kappa shape index (κ3) is 6.13. The summed E-state index contributed by atoms with van der Waals surface area (Å²) in [6, 6.07) is 14.1. The predicted octanol–water partition coefficient (Wildman–Crippen LogP) is 3.82. The second kappa shape index (κ2) is 10.5. The molecule has 30 heavy (non-hydrogen) atoms. The van der Waals surface area contributed by atoms with E-state index in [1.54, 1.807) is 43.5 Å². The highest BCUT2D eigenvalue weighted by atomic mass is 35.5. The molecule has 1 aromatic heterocycles. The number of hydrogen-bond donors (Lipinski definition) is 2. The Morgan fingerprint density at radius 1 is 1.17 bits per heavy atom. The molecule has 0 spiro atoms. The van der Waals surface area contributed by atoms with Gasteiger partial charge in [0, 0.05) is 29.6 Å². The fourth-order valence-corrected chi connectivity index (χ4v) is 3.42. The first kappa shape index (κ1) is 21.5. The van der Waals surface area contributed by atoms with Crippen LogP contribution in [0.4, 0.5) is 5.13 Å². The first-order valence-corrected chi connectivity index (χ1v) is 10.2. The van der Waals surface area contributed by atoms with Crippen LogP contribution in [0.25, 0.3) is 6.08 Å². The summed E-state index contributed by atoms with van der Waals surface area (Å²) in [6.07, 6.45) is 3.52. The van der Waals surface area contributed by atoms with Crippen LogP contribution in [-0.2, 0) is 11.2 Å². The van der Waals surface area contributed by atoms with Gasteiger partial charge >= 0.3 is 0 Å². The van der Waals surface area contributed by atoms with E-state index in [2.05, 4.69) is 20.8 Å². The van der Waals surface area contributed by atoms with Crippen LogP contribution in [0, 0.1) is 0 Å². The Labute approximate surface area is 182 Å². The molecule has 3 aromatic rings. The van der Waals surface area contributed by atoms with Crippen molar-refractivity contribution in [3.05, 3.63) is 75.8 Å². The topological polar surface area (TPSA) is 93.2 Å². The Bertz CT molecular complexity index is 1070. The van der Waals surface area contributed by atoms with Gasteiger partial charge in [0.2, 0.25) is 11.0 Å². The summed E-state index contributed by atoms with van der Waals surface area (Å²) in [6.45, 7) is 0.394. The number of ether oxygens (including phenoxy) is 1. The van der Waals surface area contributed by atoms with Crippen molar-refractivity contribution in [1.29, 1.82) is 0 Å². The van der Waals surface area contributed by atoms with Gasteiger partial charge in [-0.3, -0.25) is 14.9 Å². The van der Waals surface area contributed by atoms with Gasteiger partial charge in [0.15, 0.2) is 0 Å². The molecule has 0 bridgehead atoms. The Hall–Kier alpha value is -3.23. The smallest absolute Gasteiger partial charge is 0.251 e. The quantitative estimate of drug-likeness (QED) is 0.517. The van der Waals surface area contributed by atoms with E-state index in [9.17, 15) is 9.59 Å². The number of halogens is 1. The summed E-state index contributed by atoms with van der Waals surface area (Å²) in [4.78, 5) is 24.2. The van der Waals surface area contributed by atoms with Crippen LogP contribution in [-0.4, -0.2) is 35.7 Å². The fourth-order valence-electron chi connectivity index (χ4n) is 2.48. The Morgan fingerprint density at radius 3 is 2.80 bits per heavy atom. The molecule has 3 rings (SSSR count). The standard InChI is InChI=1S/C21H19ClN4O3S/c1-29-16-7-4-6-15(13-16)20(28)23-12-11-19-25-26-21(30-19)24-18(27)10-9-14-5-2-3-8-17(14)22/h2-10,13H,11-12H2,1H3,(H,23,28)(H,24,26,27)/b10-9+. The van der Waals surface area contributed by atoms with Gasteiger partial charge in [-0.2, -0.15) is 0 Å². The van der Waals surface area contributed by atoms with Crippen molar-refractivity contribution < 1.29 is 14.3 Å². The van der Waals surface area contributed by atoms with Crippen LogP contribution < -0.4 is 15.4 Å². The molecule has 2 amide bonds. The zero-order valence-corrected chi connectivity index (χ0v) is 17.7. The third-order valence-corrected chi connectivity index (χ3v) is 5.22. The molecule has 154 valence electrons. The monoisotopic (exact) mass is 442 g/mol. The van der Waals surface area contributed by atoms with E-state index in [0.29, 0.717) is 39.4 Å². The Morgan fingerprint density at radius 2 is 2.00 bits per heavy atom. The second-order valence-electron chi connectivity index (χ2n) is 6.08. The molecule has 9 heteroatoms. The van der Waals surface area contributed by atoms with Crippen molar-refractivity contribution >= 4 is 46.0 Å². The predicted molar refractivity (Wildman–Crippen MR) is 118 cm³/mol. The first-order valence-electron chi connectivity index (χ1n) is 9.03. The summed E-state index contributed by atoms with van der Waals surface area (Å²) in [5.74, 6) is 0.0938. The first-order chi connectivity index (χ1) is 14.5. The maximum absolute atomic E-state index is 12.2. The van der Waals surface area contributed by atoms with Gasteiger partial charge in [0.25, 0.3) is 5.91 Å². The molecule has 7 nitrogen and oxygen atoms in total. The van der Waals surface area contributed by atoms with Crippen LogP contribution in [0.5, 0.6) is 5.75 Å². The molecule has 1 heterocycles. The van der Waals surface area contributed by atoms with Crippen LogP contribution in [0.15, 0.2) is 54.6 Å². The van der Waals surface area contributed by atoms with Crippen molar-refractivity contribution in [1.82, 2.24) is 15.5 Å². The van der Waals surface area contributed by atoms with Gasteiger partial charge in [-0.1, -0.05) is 47.2 Å². The van der Waals surface area contributed by atoms with Gasteiger partial charge in [-0.15, -0.1) is 10.2 Å². The lowest BCUT2D eigenvalue weighted by molar-refractivity contribution is -0.111. The van der Waals surface area contributed by atoms with Crippen LogP contribution in [0.2, 0.25) is 5.02 Å². The molecule has 0 aliphatic rings. The highest BCUT2D eigenvalue weighted by molar-refractivity contribution is 7.15. The van der Waals surface area contributed by atoms with E-state index in [-0.39, 0.29) is 11.8 Å². The molecule has 0 atom stereocenters. The van der Waals surface area contributed by atoms with Gasteiger partial charge in [-0.25, -0.2) is 0 Å². The van der Waals surface area contributed by atoms with E-state index >= 15 is 0 Å². The number of amides is 2. The highest BCUT2D eigenvalue weighted by Gasteiger charge is 2.09. The van der Waals surface area contributed by atoms with Gasteiger partial charge in [-0.05, 0) is 35.9 Å². The molecule has 0 fully saturated rings. The third-order valence-electron chi connectivity index (χ3n) is 3.97. The molecule has 2 aromatic carbocycles. The highest BCUT2D eigenvalue weighted by Crippen LogP contribution is 2.18. The summed E-state index contributed by atoms with van der Waals surface area (Å²) in [5.41, 5.74) is 1.27. The molecule has 0 saturated carbocycles. The number of anilines is 1. The van der Waals surface area contributed by atoms with Gasteiger partial charge < -0.3 is 10.1 Å². The SMILES string of the molecule is COc1cccc(C(=O)NCCc2nnc(NC(=O)/C=C/c3ccccc3Cl)s2)c1. The average Bonchev–Trinajstić information content (AvgIpc) is 3.20. The van der Waals surface area contributed by atoms with Crippen LogP contribution in [0.3, 0.4) is 0 Å². The largest absolute Gasteiger partial charge is 0.497 e.